The summed E-state index contributed by atoms with van der Waals surface area (Å²) in [5.41, 5.74) is 1.96. The van der Waals surface area contributed by atoms with Gasteiger partial charge in [-0.3, -0.25) is 4.79 Å². The van der Waals surface area contributed by atoms with Gasteiger partial charge in [0.15, 0.2) is 0 Å². The molecule has 0 radical (unpaired) electrons. The largest absolute Gasteiger partial charge is 0.311 e. The van der Waals surface area contributed by atoms with E-state index in [2.05, 4.69) is 11.6 Å². The number of hydrogen-bond donors (Lipinski definition) is 1. The molecule has 0 unspecified atom stereocenters. The highest BCUT2D eigenvalue weighted by Gasteiger charge is 2.16. The highest BCUT2D eigenvalue weighted by Crippen LogP contribution is 2.17. The Morgan fingerprint density at radius 1 is 1.22 bits per heavy atom. The second kappa shape index (κ2) is 7.72. The average molecular weight is 352 g/mol. The molecule has 23 heavy (non-hydrogen) atoms. The van der Waals surface area contributed by atoms with E-state index in [4.69, 9.17) is 0 Å². The highest BCUT2D eigenvalue weighted by atomic mass is 32.2. The lowest BCUT2D eigenvalue weighted by Gasteiger charge is -2.21. The Morgan fingerprint density at radius 3 is 2.43 bits per heavy atom. The first-order valence-electron chi connectivity index (χ1n) is 7.34. The second-order valence-electron chi connectivity index (χ2n) is 5.02. The van der Waals surface area contributed by atoms with Crippen LogP contribution in [-0.4, -0.2) is 27.4 Å². The number of hydrogen-bond acceptors (Lipinski definition) is 4. The number of rotatable bonds is 7. The topological polar surface area (TPSA) is 66.5 Å². The number of anilines is 1. The van der Waals surface area contributed by atoms with Crippen molar-refractivity contribution in [2.45, 2.75) is 24.5 Å². The summed E-state index contributed by atoms with van der Waals surface area (Å²) < 4.78 is 26.9. The average Bonchev–Trinajstić information content (AvgIpc) is 3.07. The molecule has 2 rings (SSSR count). The van der Waals surface area contributed by atoms with E-state index in [1.165, 1.54) is 12.5 Å². The molecule has 0 saturated heterocycles. The van der Waals surface area contributed by atoms with Crippen molar-refractivity contribution in [1.82, 2.24) is 4.72 Å². The van der Waals surface area contributed by atoms with Gasteiger partial charge in [-0.25, -0.2) is 13.1 Å². The van der Waals surface area contributed by atoms with Crippen molar-refractivity contribution in [3.63, 3.8) is 0 Å². The van der Waals surface area contributed by atoms with Gasteiger partial charge in [-0.05, 0) is 35.6 Å². The molecule has 0 bridgehead atoms. The van der Waals surface area contributed by atoms with Crippen molar-refractivity contribution < 1.29 is 13.2 Å². The minimum absolute atomic E-state index is 0.121. The van der Waals surface area contributed by atoms with Crippen LogP contribution in [0.5, 0.6) is 0 Å². The summed E-state index contributed by atoms with van der Waals surface area (Å²) >= 11 is 1.16. The van der Waals surface area contributed by atoms with Gasteiger partial charge >= 0.3 is 0 Å². The van der Waals surface area contributed by atoms with Gasteiger partial charge in [0.1, 0.15) is 4.21 Å². The molecule has 1 amide bonds. The molecule has 0 aliphatic carbocycles. The summed E-state index contributed by atoms with van der Waals surface area (Å²) in [7, 11) is -3.50. The Kier molecular flexibility index (Phi) is 5.92. The third-order valence-electron chi connectivity index (χ3n) is 3.42. The van der Waals surface area contributed by atoms with E-state index in [-0.39, 0.29) is 23.2 Å². The van der Waals surface area contributed by atoms with E-state index in [0.29, 0.717) is 0 Å². The van der Waals surface area contributed by atoms with Crippen molar-refractivity contribution in [2.75, 3.05) is 18.0 Å². The van der Waals surface area contributed by atoms with Crippen LogP contribution in [0.4, 0.5) is 5.69 Å². The van der Waals surface area contributed by atoms with Gasteiger partial charge in [-0.2, -0.15) is 0 Å². The normalized spacial score (nSPS) is 11.4. The molecule has 124 valence electrons. The van der Waals surface area contributed by atoms with Crippen LogP contribution in [0, 0.1) is 0 Å². The molecule has 1 N–H and O–H groups in total. The maximum Gasteiger partial charge on any atom is 0.250 e. The van der Waals surface area contributed by atoms with Crippen molar-refractivity contribution in [2.24, 2.45) is 0 Å². The molecule has 0 aliphatic rings. The molecule has 0 aliphatic heterocycles. The summed E-state index contributed by atoms with van der Waals surface area (Å²) in [4.78, 5) is 13.4. The maximum absolute atomic E-state index is 12.1. The number of amides is 1. The Labute approximate surface area is 141 Å². The van der Waals surface area contributed by atoms with Gasteiger partial charge < -0.3 is 4.90 Å². The van der Waals surface area contributed by atoms with Crippen LogP contribution in [0.25, 0.3) is 0 Å². The lowest BCUT2D eigenvalue weighted by molar-refractivity contribution is -0.116. The number of nitrogens with one attached hydrogen (secondary N) is 1. The quantitative estimate of drug-likeness (QED) is 0.833. The molecule has 0 saturated carbocycles. The fraction of sp³-hybridized carbons (Fsp3) is 0.312. The third kappa shape index (κ3) is 4.63. The summed E-state index contributed by atoms with van der Waals surface area (Å²) in [6, 6.07) is 11.0. The van der Waals surface area contributed by atoms with Gasteiger partial charge in [-0.15, -0.1) is 11.3 Å². The van der Waals surface area contributed by atoms with E-state index < -0.39 is 10.0 Å². The molecule has 1 aromatic carbocycles. The van der Waals surface area contributed by atoms with E-state index in [0.717, 1.165) is 23.4 Å². The van der Waals surface area contributed by atoms with E-state index in [1.807, 2.05) is 24.3 Å². The predicted molar refractivity (Wildman–Crippen MR) is 93.4 cm³/mol. The number of carbonyl (C=O) groups excluding carboxylic acids is 1. The number of benzene rings is 1. The number of nitrogens with zero attached hydrogens (tertiary/aromatic N) is 1. The molecule has 5 nitrogen and oxygen atoms in total. The lowest BCUT2D eigenvalue weighted by Crippen LogP contribution is -2.37. The van der Waals surface area contributed by atoms with Crippen LogP contribution >= 0.6 is 11.3 Å². The zero-order valence-electron chi connectivity index (χ0n) is 13.2. The standard InChI is InChI=1S/C16H20N2O3S2/c1-3-14-6-8-15(9-7-14)18(13(2)19)11-10-17-23(20,21)16-5-4-12-22-16/h4-9,12,17H,3,10-11H2,1-2H3. The second-order valence-corrected chi connectivity index (χ2v) is 7.96. The number of sulfonamides is 1. The van der Waals surface area contributed by atoms with Gasteiger partial charge in [-0.1, -0.05) is 25.1 Å². The first-order valence-corrected chi connectivity index (χ1v) is 9.70. The Morgan fingerprint density at radius 2 is 1.91 bits per heavy atom. The molecule has 0 fully saturated rings. The van der Waals surface area contributed by atoms with Crippen LogP contribution in [0.2, 0.25) is 0 Å². The summed E-state index contributed by atoms with van der Waals surface area (Å²) in [5.74, 6) is -0.121. The lowest BCUT2D eigenvalue weighted by atomic mass is 10.1. The predicted octanol–water partition coefficient (Wildman–Crippen LogP) is 2.64. The van der Waals surface area contributed by atoms with Crippen molar-refractivity contribution in [1.29, 1.82) is 0 Å². The van der Waals surface area contributed by atoms with Crippen molar-refractivity contribution in [3.05, 3.63) is 47.3 Å². The molecular weight excluding hydrogens is 332 g/mol. The van der Waals surface area contributed by atoms with Gasteiger partial charge in [0.2, 0.25) is 15.9 Å². The Bertz CT molecular complexity index is 738. The molecule has 0 atom stereocenters. The van der Waals surface area contributed by atoms with Crippen LogP contribution in [0.1, 0.15) is 19.4 Å². The van der Waals surface area contributed by atoms with E-state index in [9.17, 15) is 13.2 Å². The SMILES string of the molecule is CCc1ccc(N(CCNS(=O)(=O)c2cccs2)C(C)=O)cc1. The maximum atomic E-state index is 12.1. The van der Waals surface area contributed by atoms with Crippen LogP contribution in [0.15, 0.2) is 46.0 Å². The number of carbonyl (C=O) groups is 1. The third-order valence-corrected chi connectivity index (χ3v) is 6.28. The van der Waals surface area contributed by atoms with Crippen molar-refractivity contribution in [3.8, 4) is 0 Å². The first-order chi connectivity index (χ1) is 10.9. The molecule has 1 heterocycles. The molecule has 2 aromatic rings. The minimum atomic E-state index is -3.50. The number of thiophene rings is 1. The van der Waals surface area contributed by atoms with Crippen LogP contribution in [0.3, 0.4) is 0 Å². The number of aryl methyl sites for hydroxylation is 1. The fourth-order valence-electron chi connectivity index (χ4n) is 2.16. The molecular formula is C16H20N2O3S2. The van der Waals surface area contributed by atoms with Crippen LogP contribution in [-0.2, 0) is 21.2 Å². The monoisotopic (exact) mass is 352 g/mol. The molecule has 7 heteroatoms. The van der Waals surface area contributed by atoms with Gasteiger partial charge in [0.05, 0.1) is 0 Å². The fourth-order valence-corrected chi connectivity index (χ4v) is 4.22. The van der Waals surface area contributed by atoms with E-state index >= 15 is 0 Å². The smallest absolute Gasteiger partial charge is 0.250 e. The molecule has 1 aromatic heterocycles. The first kappa shape index (κ1) is 17.7. The van der Waals surface area contributed by atoms with Crippen LogP contribution < -0.4 is 9.62 Å². The Balaban J connectivity index is 2.01. The van der Waals surface area contributed by atoms with Gasteiger partial charge in [0, 0.05) is 25.7 Å². The summed E-state index contributed by atoms with van der Waals surface area (Å²) in [6.07, 6.45) is 0.932. The minimum Gasteiger partial charge on any atom is -0.311 e. The summed E-state index contributed by atoms with van der Waals surface area (Å²) in [5, 5.41) is 1.71. The summed E-state index contributed by atoms with van der Waals surface area (Å²) in [6.45, 7) is 3.99. The zero-order chi connectivity index (χ0) is 16.9. The molecule has 0 spiro atoms. The Hall–Kier alpha value is -1.70. The highest BCUT2D eigenvalue weighted by molar-refractivity contribution is 7.91. The zero-order valence-corrected chi connectivity index (χ0v) is 14.8. The van der Waals surface area contributed by atoms with Gasteiger partial charge in [0.25, 0.3) is 0 Å². The van der Waals surface area contributed by atoms with Crippen molar-refractivity contribution >= 4 is 33.0 Å². The van der Waals surface area contributed by atoms with E-state index in [1.54, 1.807) is 22.4 Å².